The lowest BCUT2D eigenvalue weighted by atomic mass is 10.1. The molecule has 7 heteroatoms. The third-order valence-corrected chi connectivity index (χ3v) is 3.50. The van der Waals surface area contributed by atoms with Gasteiger partial charge in [-0.3, -0.25) is 10.2 Å². The van der Waals surface area contributed by atoms with Gasteiger partial charge >= 0.3 is 0 Å². The van der Waals surface area contributed by atoms with E-state index < -0.39 is 5.82 Å². The van der Waals surface area contributed by atoms with Crippen molar-refractivity contribution in [2.75, 3.05) is 0 Å². The van der Waals surface area contributed by atoms with Gasteiger partial charge in [-0.15, -0.1) is 0 Å². The molecule has 0 saturated carbocycles. The van der Waals surface area contributed by atoms with Crippen LogP contribution in [0, 0.1) is 18.2 Å². The van der Waals surface area contributed by atoms with Crippen molar-refractivity contribution in [2.45, 2.75) is 17.8 Å². The molecule has 0 aliphatic heterocycles. The largest absolute Gasteiger partial charge is 0.384 e. The smallest absolute Gasteiger partial charge is 0.251 e. The predicted molar refractivity (Wildman–Crippen MR) is 76.6 cm³/mol. The van der Waals surface area contributed by atoms with Crippen molar-refractivity contribution in [1.29, 1.82) is 5.41 Å². The van der Waals surface area contributed by atoms with E-state index >= 15 is 0 Å². The van der Waals surface area contributed by atoms with Crippen LogP contribution >= 0.6 is 11.8 Å². The Morgan fingerprint density at radius 1 is 1.50 bits per heavy atom. The van der Waals surface area contributed by atoms with Crippen molar-refractivity contribution in [3.8, 4) is 0 Å². The highest BCUT2D eigenvalue weighted by molar-refractivity contribution is 7.98. The summed E-state index contributed by atoms with van der Waals surface area (Å²) in [6.07, 6.45) is 0. The molecule has 0 bridgehead atoms. The molecule has 0 radical (unpaired) electrons. The van der Waals surface area contributed by atoms with Crippen LogP contribution in [0.2, 0.25) is 0 Å². The molecule has 0 unspecified atom stereocenters. The number of benzene rings is 1. The van der Waals surface area contributed by atoms with Gasteiger partial charge in [0.2, 0.25) is 0 Å². The molecule has 20 heavy (non-hydrogen) atoms. The van der Waals surface area contributed by atoms with E-state index in [9.17, 15) is 9.18 Å². The lowest BCUT2D eigenvalue weighted by molar-refractivity contribution is 0.617. The van der Waals surface area contributed by atoms with Gasteiger partial charge in [-0.25, -0.2) is 9.37 Å². The minimum atomic E-state index is -0.430. The summed E-state index contributed by atoms with van der Waals surface area (Å²) in [5.74, 6) is -0.274. The van der Waals surface area contributed by atoms with Crippen LogP contribution in [0.1, 0.15) is 16.8 Å². The van der Waals surface area contributed by atoms with Crippen LogP contribution < -0.4 is 11.3 Å². The van der Waals surface area contributed by atoms with E-state index in [4.69, 9.17) is 11.1 Å². The molecule has 0 amide bonds. The normalized spacial score (nSPS) is 10.5. The van der Waals surface area contributed by atoms with Gasteiger partial charge in [-0.05, 0) is 18.6 Å². The number of nitrogens with zero attached hydrogens (tertiary/aromatic N) is 1. The first-order valence-corrected chi connectivity index (χ1v) is 6.78. The van der Waals surface area contributed by atoms with Gasteiger partial charge in [0, 0.05) is 23.1 Å². The molecule has 0 saturated heterocycles. The van der Waals surface area contributed by atoms with Gasteiger partial charge in [-0.2, -0.15) is 0 Å². The second-order valence-corrected chi connectivity index (χ2v) is 5.16. The number of nitrogens with one attached hydrogen (secondary N) is 2. The Hall–Kier alpha value is -2.15. The Morgan fingerprint density at radius 3 is 2.85 bits per heavy atom. The topological polar surface area (TPSA) is 95.6 Å². The molecular formula is C13H13FN4OS. The average Bonchev–Trinajstić information content (AvgIpc) is 2.36. The molecule has 0 fully saturated rings. The number of nitrogens with two attached hydrogens (primary N) is 1. The number of aryl methyl sites for hydroxylation is 1. The fraction of sp³-hybridized carbons (Fsp3) is 0.154. The average molecular weight is 292 g/mol. The number of amidine groups is 1. The van der Waals surface area contributed by atoms with E-state index in [2.05, 4.69) is 9.97 Å². The molecule has 0 aliphatic carbocycles. The van der Waals surface area contributed by atoms with Gasteiger partial charge in [-0.1, -0.05) is 23.9 Å². The number of nitrogen functional groups attached to an aromatic ring is 1. The molecule has 1 aromatic carbocycles. The lowest BCUT2D eigenvalue weighted by Crippen LogP contribution is -2.11. The molecule has 2 aromatic rings. The van der Waals surface area contributed by atoms with Crippen LogP contribution in [0.15, 0.2) is 34.2 Å². The van der Waals surface area contributed by atoms with Gasteiger partial charge in [0.25, 0.3) is 5.56 Å². The summed E-state index contributed by atoms with van der Waals surface area (Å²) in [5, 5.41) is 7.69. The highest BCUT2D eigenvalue weighted by Gasteiger charge is 2.07. The molecular weight excluding hydrogens is 279 g/mol. The molecule has 4 N–H and O–H groups in total. The highest BCUT2D eigenvalue weighted by Crippen LogP contribution is 2.21. The molecule has 5 nitrogen and oxygen atoms in total. The SMILES string of the molecule is Cc1cc(=O)[nH]c(SCc2ccc(C(=N)N)cc2F)n1. The van der Waals surface area contributed by atoms with Crippen molar-refractivity contribution in [2.24, 2.45) is 5.73 Å². The van der Waals surface area contributed by atoms with Crippen LogP contribution in [-0.2, 0) is 5.75 Å². The summed E-state index contributed by atoms with van der Waals surface area (Å²) in [6.45, 7) is 1.72. The highest BCUT2D eigenvalue weighted by atomic mass is 32.2. The van der Waals surface area contributed by atoms with Crippen LogP contribution in [0.5, 0.6) is 0 Å². The fourth-order valence-electron chi connectivity index (χ4n) is 1.60. The van der Waals surface area contributed by atoms with Crippen LogP contribution in [0.4, 0.5) is 4.39 Å². The third kappa shape index (κ3) is 3.45. The maximum absolute atomic E-state index is 13.8. The maximum atomic E-state index is 13.8. The Bertz CT molecular complexity index is 714. The van der Waals surface area contributed by atoms with Crippen molar-refractivity contribution >= 4 is 17.6 Å². The molecule has 0 aliphatic rings. The summed E-state index contributed by atoms with van der Waals surface area (Å²) in [7, 11) is 0. The molecule has 104 valence electrons. The van der Waals surface area contributed by atoms with Crippen molar-refractivity contribution in [1.82, 2.24) is 9.97 Å². The van der Waals surface area contributed by atoms with E-state index in [1.807, 2.05) is 0 Å². The zero-order valence-corrected chi connectivity index (χ0v) is 11.6. The number of thioether (sulfide) groups is 1. The van der Waals surface area contributed by atoms with Crippen molar-refractivity contribution in [3.63, 3.8) is 0 Å². The van der Waals surface area contributed by atoms with Gasteiger partial charge < -0.3 is 10.7 Å². The Balaban J connectivity index is 2.14. The standard InChI is InChI=1S/C13H13FN4OS/c1-7-4-11(19)18-13(17-7)20-6-9-3-2-8(12(15)16)5-10(9)14/h2-5H,6H2,1H3,(H3,15,16)(H,17,18,19). The van der Waals surface area contributed by atoms with Crippen molar-refractivity contribution < 1.29 is 4.39 Å². The quantitative estimate of drug-likeness (QED) is 0.346. The number of H-pyrrole nitrogens is 1. The number of hydrogen-bond acceptors (Lipinski definition) is 4. The second kappa shape index (κ2) is 5.87. The molecule has 1 heterocycles. The Kier molecular flexibility index (Phi) is 4.19. The van der Waals surface area contributed by atoms with Gasteiger partial charge in [0.1, 0.15) is 11.7 Å². The molecule has 2 rings (SSSR count). The second-order valence-electron chi connectivity index (χ2n) is 4.20. The van der Waals surface area contributed by atoms with Gasteiger partial charge in [0.15, 0.2) is 5.16 Å². The third-order valence-electron chi connectivity index (χ3n) is 2.58. The molecule has 0 atom stereocenters. The van der Waals surface area contributed by atoms with E-state index in [-0.39, 0.29) is 11.4 Å². The summed E-state index contributed by atoms with van der Waals surface area (Å²) in [6, 6.07) is 5.79. The van der Waals surface area contributed by atoms with Crippen molar-refractivity contribution in [3.05, 3.63) is 57.3 Å². The van der Waals surface area contributed by atoms with Gasteiger partial charge in [0.05, 0.1) is 0 Å². The number of hydrogen-bond donors (Lipinski definition) is 3. The van der Waals surface area contributed by atoms with E-state index in [0.29, 0.717) is 27.7 Å². The minimum Gasteiger partial charge on any atom is -0.384 e. The zero-order chi connectivity index (χ0) is 14.7. The number of halogens is 1. The minimum absolute atomic E-state index is 0.173. The Labute approximate surface area is 118 Å². The summed E-state index contributed by atoms with van der Waals surface area (Å²) >= 11 is 1.24. The van der Waals surface area contributed by atoms with Crippen LogP contribution in [-0.4, -0.2) is 15.8 Å². The lowest BCUT2D eigenvalue weighted by Gasteiger charge is -2.05. The number of aromatic amines is 1. The maximum Gasteiger partial charge on any atom is 0.251 e. The fourth-order valence-corrected chi connectivity index (χ4v) is 2.51. The number of aromatic nitrogens is 2. The summed E-state index contributed by atoms with van der Waals surface area (Å²) in [5.41, 5.74) is 6.49. The van der Waals surface area contributed by atoms with E-state index in [1.165, 1.54) is 23.9 Å². The first kappa shape index (κ1) is 14.3. The van der Waals surface area contributed by atoms with Crippen LogP contribution in [0.3, 0.4) is 0 Å². The van der Waals surface area contributed by atoms with Crippen LogP contribution in [0.25, 0.3) is 0 Å². The van der Waals surface area contributed by atoms with E-state index in [0.717, 1.165) is 0 Å². The summed E-state index contributed by atoms with van der Waals surface area (Å²) < 4.78 is 13.8. The Morgan fingerprint density at radius 2 is 2.25 bits per heavy atom. The molecule has 1 aromatic heterocycles. The number of rotatable bonds is 4. The monoisotopic (exact) mass is 292 g/mol. The molecule has 0 spiro atoms. The predicted octanol–water partition coefficient (Wildman–Crippen LogP) is 1.79. The zero-order valence-electron chi connectivity index (χ0n) is 10.7. The summed E-state index contributed by atoms with van der Waals surface area (Å²) in [4.78, 5) is 18.0. The van der Waals surface area contributed by atoms with E-state index in [1.54, 1.807) is 19.1 Å². The first-order chi connectivity index (χ1) is 9.45. The first-order valence-electron chi connectivity index (χ1n) is 5.79.